The van der Waals surface area contributed by atoms with Gasteiger partial charge in [0, 0.05) is 13.5 Å². The van der Waals surface area contributed by atoms with Crippen molar-refractivity contribution >= 4 is 16.0 Å². The quantitative estimate of drug-likeness (QED) is 0.744. The van der Waals surface area contributed by atoms with Gasteiger partial charge in [0.2, 0.25) is 5.91 Å². The largest absolute Gasteiger partial charge is 0.336 e. The molecule has 0 unspecified atom stereocenters. The molecule has 1 aliphatic heterocycles. The Kier molecular flexibility index (Phi) is 7.96. The normalized spacial score (nSPS) is 15.7. The van der Waals surface area contributed by atoms with E-state index in [1.165, 1.54) is 17.7 Å². The van der Waals surface area contributed by atoms with Crippen LogP contribution in [0.5, 0.6) is 0 Å². The Bertz CT molecular complexity index is 890. The van der Waals surface area contributed by atoms with Gasteiger partial charge >= 0.3 is 0 Å². The molecule has 0 saturated carbocycles. The second kappa shape index (κ2) is 10.0. The van der Waals surface area contributed by atoms with E-state index in [2.05, 4.69) is 29.6 Å². The lowest BCUT2D eigenvalue weighted by Crippen LogP contribution is -2.52. The summed E-state index contributed by atoms with van der Waals surface area (Å²) in [6.45, 7) is 5.71. The summed E-state index contributed by atoms with van der Waals surface area (Å²) in [4.78, 5) is 14.0. The van der Waals surface area contributed by atoms with Crippen molar-refractivity contribution in [2.75, 3.05) is 20.1 Å². The third kappa shape index (κ3) is 5.88. The average molecular weight is 419 g/mol. The van der Waals surface area contributed by atoms with Crippen molar-refractivity contribution in [2.45, 2.75) is 43.5 Å². The predicted octanol–water partition coefficient (Wildman–Crippen LogP) is 3.38. The van der Waals surface area contributed by atoms with Crippen molar-refractivity contribution in [3.63, 3.8) is 0 Å². The Balaban J connectivity index is 0.000000234. The van der Waals surface area contributed by atoms with Crippen molar-refractivity contribution in [1.82, 2.24) is 10.2 Å². The SMILES string of the molecule is CCC(=O)N(C)C1(c2ccccc2)CCNCC1.Cc1ccc(S(=O)(=O)O)cc1. The molecule has 1 saturated heterocycles. The van der Waals surface area contributed by atoms with E-state index in [-0.39, 0.29) is 16.3 Å². The van der Waals surface area contributed by atoms with Gasteiger partial charge in [0.25, 0.3) is 10.1 Å². The summed E-state index contributed by atoms with van der Waals surface area (Å²) in [5, 5.41) is 3.38. The number of benzene rings is 2. The Labute approximate surface area is 173 Å². The van der Waals surface area contributed by atoms with Gasteiger partial charge in [0.15, 0.2) is 0 Å². The lowest BCUT2D eigenvalue weighted by Gasteiger charge is -2.45. The highest BCUT2D eigenvalue weighted by molar-refractivity contribution is 7.85. The van der Waals surface area contributed by atoms with Crippen LogP contribution in [0.3, 0.4) is 0 Å². The average Bonchev–Trinajstić information content (AvgIpc) is 2.74. The smallest absolute Gasteiger partial charge is 0.294 e. The first-order chi connectivity index (χ1) is 13.7. The number of aryl methyl sites for hydroxylation is 1. The van der Waals surface area contributed by atoms with Crippen LogP contribution < -0.4 is 5.32 Å². The van der Waals surface area contributed by atoms with E-state index in [4.69, 9.17) is 4.55 Å². The van der Waals surface area contributed by atoms with Gasteiger partial charge in [-0.05, 0) is 50.6 Å². The fraction of sp³-hybridized carbons (Fsp3) is 0.409. The second-order valence-corrected chi connectivity index (χ2v) is 8.66. The van der Waals surface area contributed by atoms with Gasteiger partial charge in [0.1, 0.15) is 0 Å². The molecule has 1 fully saturated rings. The molecule has 0 aliphatic carbocycles. The van der Waals surface area contributed by atoms with Crippen LogP contribution in [-0.2, 0) is 20.5 Å². The van der Waals surface area contributed by atoms with E-state index in [9.17, 15) is 13.2 Å². The minimum absolute atomic E-state index is 0.0666. The molecule has 7 heteroatoms. The summed E-state index contributed by atoms with van der Waals surface area (Å²) >= 11 is 0. The van der Waals surface area contributed by atoms with E-state index < -0.39 is 10.1 Å². The summed E-state index contributed by atoms with van der Waals surface area (Å²) in [5.74, 6) is 0.223. The maximum absolute atomic E-state index is 12.1. The number of nitrogens with one attached hydrogen (secondary N) is 1. The van der Waals surface area contributed by atoms with Gasteiger partial charge < -0.3 is 10.2 Å². The summed E-state index contributed by atoms with van der Waals surface area (Å²) in [6.07, 6.45) is 2.54. The van der Waals surface area contributed by atoms with Crippen LogP contribution in [0.4, 0.5) is 0 Å². The van der Waals surface area contributed by atoms with Crippen molar-refractivity contribution in [1.29, 1.82) is 0 Å². The molecule has 2 aromatic rings. The maximum atomic E-state index is 12.1. The zero-order valence-electron chi connectivity index (χ0n) is 17.3. The van der Waals surface area contributed by atoms with Crippen LogP contribution in [0.1, 0.15) is 37.3 Å². The summed E-state index contributed by atoms with van der Waals surface area (Å²) in [7, 11) is -2.07. The molecule has 158 valence electrons. The second-order valence-electron chi connectivity index (χ2n) is 7.24. The van der Waals surface area contributed by atoms with Crippen molar-refractivity contribution in [3.05, 3.63) is 65.7 Å². The Morgan fingerprint density at radius 1 is 1.07 bits per heavy atom. The summed E-state index contributed by atoms with van der Waals surface area (Å²) in [6, 6.07) is 16.4. The molecule has 6 nitrogen and oxygen atoms in total. The van der Waals surface area contributed by atoms with Crippen molar-refractivity contribution in [3.8, 4) is 0 Å². The Hall–Kier alpha value is -2.22. The topological polar surface area (TPSA) is 86.7 Å². The number of carbonyl (C=O) groups is 1. The highest BCUT2D eigenvalue weighted by Gasteiger charge is 2.39. The number of carbonyl (C=O) groups excluding carboxylic acids is 1. The molecule has 1 amide bonds. The number of hydrogen-bond acceptors (Lipinski definition) is 4. The molecule has 3 rings (SSSR count). The van der Waals surface area contributed by atoms with Gasteiger partial charge in [-0.3, -0.25) is 9.35 Å². The maximum Gasteiger partial charge on any atom is 0.294 e. The van der Waals surface area contributed by atoms with Gasteiger partial charge in [-0.15, -0.1) is 0 Å². The van der Waals surface area contributed by atoms with Crippen LogP contribution >= 0.6 is 0 Å². The standard InChI is InChI=1S/C15H22N2O.C7H8O3S/c1-3-14(18)17(2)15(9-11-16-12-10-15)13-7-5-4-6-8-13;1-6-2-4-7(5-3-6)11(8,9)10/h4-8,16H,3,9-12H2,1-2H3;2-5H,1H3,(H,8,9,10). The molecule has 0 bridgehead atoms. The first-order valence-electron chi connectivity index (χ1n) is 9.78. The molecule has 2 aromatic carbocycles. The van der Waals surface area contributed by atoms with Gasteiger partial charge in [0.05, 0.1) is 10.4 Å². The molecule has 0 atom stereocenters. The molecule has 2 N–H and O–H groups in total. The van der Waals surface area contributed by atoms with Crippen LogP contribution in [0.15, 0.2) is 59.5 Å². The number of piperidine rings is 1. The summed E-state index contributed by atoms with van der Waals surface area (Å²) < 4.78 is 29.6. The molecule has 0 radical (unpaired) electrons. The summed E-state index contributed by atoms with van der Waals surface area (Å²) in [5.41, 5.74) is 2.09. The Morgan fingerprint density at radius 3 is 2.10 bits per heavy atom. The first-order valence-corrected chi connectivity index (χ1v) is 11.2. The highest BCUT2D eigenvalue weighted by atomic mass is 32.2. The van der Waals surface area contributed by atoms with Crippen molar-refractivity contribution in [2.24, 2.45) is 0 Å². The molecule has 29 heavy (non-hydrogen) atoms. The molecule has 1 heterocycles. The minimum Gasteiger partial charge on any atom is -0.336 e. The lowest BCUT2D eigenvalue weighted by molar-refractivity contribution is -0.137. The molecular formula is C22H30N2O4S. The number of nitrogens with zero attached hydrogens (tertiary/aromatic N) is 1. The van der Waals surface area contributed by atoms with E-state index >= 15 is 0 Å². The predicted molar refractivity (Wildman–Crippen MR) is 114 cm³/mol. The first kappa shape index (κ1) is 23.1. The third-order valence-electron chi connectivity index (χ3n) is 5.38. The van der Waals surface area contributed by atoms with E-state index in [1.807, 2.05) is 31.9 Å². The van der Waals surface area contributed by atoms with Crippen LogP contribution in [-0.4, -0.2) is 43.9 Å². The molecular weight excluding hydrogens is 388 g/mol. The van der Waals surface area contributed by atoms with Gasteiger partial charge in [-0.2, -0.15) is 8.42 Å². The zero-order chi connectivity index (χ0) is 21.5. The van der Waals surface area contributed by atoms with E-state index in [1.54, 1.807) is 12.1 Å². The fourth-order valence-corrected chi connectivity index (χ4v) is 4.07. The Morgan fingerprint density at radius 2 is 1.62 bits per heavy atom. The van der Waals surface area contributed by atoms with E-state index in [0.29, 0.717) is 6.42 Å². The van der Waals surface area contributed by atoms with Gasteiger partial charge in [-0.1, -0.05) is 55.0 Å². The van der Waals surface area contributed by atoms with E-state index in [0.717, 1.165) is 31.5 Å². The number of hydrogen-bond donors (Lipinski definition) is 2. The number of amides is 1. The lowest BCUT2D eigenvalue weighted by atomic mass is 9.80. The van der Waals surface area contributed by atoms with Crippen LogP contribution in [0.25, 0.3) is 0 Å². The molecule has 0 spiro atoms. The number of rotatable bonds is 4. The fourth-order valence-electron chi connectivity index (χ4n) is 3.59. The zero-order valence-corrected chi connectivity index (χ0v) is 18.1. The van der Waals surface area contributed by atoms with Crippen LogP contribution in [0.2, 0.25) is 0 Å². The monoisotopic (exact) mass is 418 g/mol. The van der Waals surface area contributed by atoms with Crippen LogP contribution in [0, 0.1) is 6.92 Å². The highest BCUT2D eigenvalue weighted by Crippen LogP contribution is 2.36. The molecule has 0 aromatic heterocycles. The molecule has 1 aliphatic rings. The minimum atomic E-state index is -4.02. The third-order valence-corrected chi connectivity index (χ3v) is 6.25. The van der Waals surface area contributed by atoms with Gasteiger partial charge in [-0.25, -0.2) is 0 Å². The van der Waals surface area contributed by atoms with Crippen molar-refractivity contribution < 1.29 is 17.8 Å².